The average Bonchev–Trinajstić information content (AvgIpc) is 1.76. The zero-order valence-electron chi connectivity index (χ0n) is 3.63. The molecule has 0 aliphatic rings. The van der Waals surface area contributed by atoms with Gasteiger partial charge in [-0.2, -0.15) is 0 Å². The zero-order valence-corrected chi connectivity index (χ0v) is 5.42. The zero-order chi connectivity index (χ0) is 3.54. The van der Waals surface area contributed by atoms with E-state index in [-0.39, 0.29) is 18.9 Å². The second-order valence-corrected chi connectivity index (χ2v) is 3.17. The summed E-state index contributed by atoms with van der Waals surface area (Å²) in [5.74, 6) is 4.28. The van der Waals surface area contributed by atoms with E-state index in [0.717, 1.165) is 0 Å². The van der Waals surface area contributed by atoms with Crippen molar-refractivity contribution in [1.29, 1.82) is 0 Å². The molecule has 0 aromatic carbocycles. The first-order valence-corrected chi connectivity index (χ1v) is 4.02. The molecule has 1 rings (SSSR count). The molecule has 0 unspecified atom stereocenters. The molecule has 1 aromatic heterocycles. The summed E-state index contributed by atoms with van der Waals surface area (Å²) in [6.07, 6.45) is 0. The van der Waals surface area contributed by atoms with E-state index in [4.69, 9.17) is 0 Å². The molecule has 0 aliphatic carbocycles. The third-order valence-corrected chi connectivity index (χ3v) is 2.32. The Bertz CT molecular complexity index is 65.3. The summed E-state index contributed by atoms with van der Waals surface area (Å²) < 4.78 is 0. The van der Waals surface area contributed by atoms with Crippen LogP contribution in [0, 0.1) is 0 Å². The molecule has 3 heteroatoms. The van der Waals surface area contributed by atoms with E-state index in [1.807, 2.05) is 0 Å². The van der Waals surface area contributed by atoms with Crippen molar-refractivity contribution in [2.45, 2.75) is 0 Å². The molecule has 1 aromatic rings. The molecule has 0 saturated heterocycles. The molecule has 6 heavy (non-hydrogen) atoms. The molecule has 0 aliphatic heterocycles. The Balaban J connectivity index is 0.000000250. The van der Waals surface area contributed by atoms with Crippen LogP contribution in [0.25, 0.3) is 0 Å². The molecule has 0 N–H and O–H groups in total. The minimum absolute atomic E-state index is 0. The fourth-order valence-corrected chi connectivity index (χ4v) is 1.73. The number of hydrogen-bond donors (Lipinski definition) is 0. The Morgan fingerprint density at radius 1 is 1.50 bits per heavy atom. The second kappa shape index (κ2) is 3.98. The van der Waals surface area contributed by atoms with Crippen molar-refractivity contribution in [3.63, 3.8) is 0 Å². The molecule has 0 saturated carbocycles. The topological polar surface area (TPSA) is 0 Å². The SMILES string of the molecule is [Li+].c1cp[p-]c1. The van der Waals surface area contributed by atoms with Gasteiger partial charge >= 0.3 is 18.9 Å². The predicted octanol–water partition coefficient (Wildman–Crippen LogP) is -0.430. The fraction of sp³-hybridized carbons (Fsp3) is 0. The van der Waals surface area contributed by atoms with Crippen LogP contribution in [0.15, 0.2) is 17.7 Å². The smallest absolute Gasteiger partial charge is 0.497 e. The van der Waals surface area contributed by atoms with E-state index in [1.54, 1.807) is 0 Å². The van der Waals surface area contributed by atoms with Crippen LogP contribution in [0.5, 0.6) is 0 Å². The first-order valence-electron chi connectivity index (χ1n) is 1.38. The van der Waals surface area contributed by atoms with Gasteiger partial charge in [-0.25, -0.2) is 5.80 Å². The molecule has 26 valence electrons. The van der Waals surface area contributed by atoms with Gasteiger partial charge < -0.3 is 7.87 Å². The van der Waals surface area contributed by atoms with Crippen molar-refractivity contribution in [3.8, 4) is 0 Å². The second-order valence-electron chi connectivity index (χ2n) is 0.722. The van der Waals surface area contributed by atoms with E-state index in [2.05, 4.69) is 17.7 Å². The maximum Gasteiger partial charge on any atom is 1.00 e. The summed E-state index contributed by atoms with van der Waals surface area (Å²) in [5.41, 5.74) is 0. The van der Waals surface area contributed by atoms with Gasteiger partial charge in [0.05, 0.1) is 0 Å². The first-order chi connectivity index (χ1) is 2.50. The Kier molecular flexibility index (Phi) is 4.52. The summed E-state index contributed by atoms with van der Waals surface area (Å²) >= 11 is 0. The van der Waals surface area contributed by atoms with Crippen molar-refractivity contribution in [1.82, 2.24) is 0 Å². The van der Waals surface area contributed by atoms with Crippen LogP contribution in [0.4, 0.5) is 0 Å². The Labute approximate surface area is 52.6 Å². The van der Waals surface area contributed by atoms with E-state index in [0.29, 0.717) is 0 Å². The van der Waals surface area contributed by atoms with Crippen LogP contribution < -0.4 is 18.9 Å². The van der Waals surface area contributed by atoms with Crippen molar-refractivity contribution in [3.05, 3.63) is 17.7 Å². The molecule has 0 radical (unpaired) electrons. The van der Waals surface area contributed by atoms with Gasteiger partial charge in [-0.3, -0.25) is 7.87 Å². The van der Waals surface area contributed by atoms with Gasteiger partial charge in [0.2, 0.25) is 0 Å². The van der Waals surface area contributed by atoms with Gasteiger partial charge in [-0.1, -0.05) is 11.9 Å². The monoisotopic (exact) mass is 108 g/mol. The van der Waals surface area contributed by atoms with E-state index in [1.165, 1.54) is 15.7 Å². The number of rotatable bonds is 0. The van der Waals surface area contributed by atoms with Crippen LogP contribution in [0.3, 0.4) is 0 Å². The Morgan fingerprint density at radius 2 is 2.33 bits per heavy atom. The third kappa shape index (κ3) is 2.07. The standard InChI is InChI=1S/C3H3P2.Li/c1-2-4-5-3-1;/h1-3H;/q-1;+1. The molecular formula is C3H3LiP2. The molecule has 1 heterocycles. The summed E-state index contributed by atoms with van der Waals surface area (Å²) in [6.45, 7) is 0. The number of hydrogen-bond acceptors (Lipinski definition) is 0. The fourth-order valence-electron chi connectivity index (χ4n) is 0.192. The first kappa shape index (κ1) is 6.81. The van der Waals surface area contributed by atoms with Crippen LogP contribution in [-0.2, 0) is 0 Å². The van der Waals surface area contributed by atoms with Crippen molar-refractivity contribution >= 4 is 15.7 Å². The minimum Gasteiger partial charge on any atom is -0.497 e. The summed E-state index contributed by atoms with van der Waals surface area (Å²) in [4.78, 5) is 0. The van der Waals surface area contributed by atoms with E-state index in [9.17, 15) is 0 Å². The minimum atomic E-state index is 0. The van der Waals surface area contributed by atoms with Gasteiger partial charge in [0, 0.05) is 0 Å². The molecule has 0 amide bonds. The van der Waals surface area contributed by atoms with Gasteiger partial charge in [0.1, 0.15) is 0 Å². The largest absolute Gasteiger partial charge is 1.00 e. The Hall–Kier alpha value is 0.807. The summed E-state index contributed by atoms with van der Waals surface area (Å²) in [6, 6.07) is 2.09. The molecule has 0 spiro atoms. The Morgan fingerprint density at radius 3 is 2.50 bits per heavy atom. The van der Waals surface area contributed by atoms with Crippen molar-refractivity contribution in [2.24, 2.45) is 0 Å². The van der Waals surface area contributed by atoms with Gasteiger partial charge in [0.25, 0.3) is 0 Å². The predicted molar refractivity (Wildman–Crippen MR) is 27.1 cm³/mol. The van der Waals surface area contributed by atoms with E-state index < -0.39 is 0 Å². The average molecular weight is 108 g/mol. The quantitative estimate of drug-likeness (QED) is 0.395. The molecule has 0 nitrogen and oxygen atoms in total. The van der Waals surface area contributed by atoms with Gasteiger partial charge in [-0.05, 0) is 0 Å². The van der Waals surface area contributed by atoms with Crippen LogP contribution in [0.1, 0.15) is 0 Å². The maximum atomic E-state index is 2.14. The summed E-state index contributed by atoms with van der Waals surface area (Å²) in [5, 5.41) is 0. The van der Waals surface area contributed by atoms with Crippen LogP contribution in [-0.4, -0.2) is 0 Å². The maximum absolute atomic E-state index is 2.14. The van der Waals surface area contributed by atoms with E-state index >= 15 is 0 Å². The molecule has 0 atom stereocenters. The van der Waals surface area contributed by atoms with Crippen molar-refractivity contribution < 1.29 is 18.9 Å². The summed E-state index contributed by atoms with van der Waals surface area (Å²) in [7, 11) is 2.85. The van der Waals surface area contributed by atoms with Gasteiger partial charge in [0.15, 0.2) is 0 Å². The third-order valence-electron chi connectivity index (χ3n) is 0.372. The normalized spacial score (nSPS) is 9.33. The molecule has 0 fully saturated rings. The van der Waals surface area contributed by atoms with Crippen molar-refractivity contribution in [2.75, 3.05) is 0 Å². The molecular weight excluding hydrogens is 105 g/mol. The molecule has 0 bridgehead atoms. The van der Waals surface area contributed by atoms with Gasteiger partial charge in [-0.15, -0.1) is 0 Å². The van der Waals surface area contributed by atoms with Crippen LogP contribution >= 0.6 is 15.7 Å². The van der Waals surface area contributed by atoms with Crippen LogP contribution in [0.2, 0.25) is 0 Å².